The summed E-state index contributed by atoms with van der Waals surface area (Å²) in [6, 6.07) is 5.76. The van der Waals surface area contributed by atoms with Gasteiger partial charge in [0.1, 0.15) is 0 Å². The summed E-state index contributed by atoms with van der Waals surface area (Å²) in [4.78, 5) is 11.7. The summed E-state index contributed by atoms with van der Waals surface area (Å²) in [6.45, 7) is 10.2. The first kappa shape index (κ1) is 15.2. The first-order chi connectivity index (χ1) is 8.90. The molecule has 0 bridgehead atoms. The second kappa shape index (κ2) is 6.92. The summed E-state index contributed by atoms with van der Waals surface area (Å²) in [7, 11) is 0. The summed E-state index contributed by atoms with van der Waals surface area (Å²) in [5.41, 5.74) is 5.54. The van der Waals surface area contributed by atoms with Gasteiger partial charge in [0.05, 0.1) is 0 Å². The van der Waals surface area contributed by atoms with Crippen molar-refractivity contribution in [3.05, 3.63) is 29.3 Å². The molecule has 0 radical (unpaired) electrons. The van der Waals surface area contributed by atoms with Crippen LogP contribution in [0.25, 0.3) is 0 Å². The first-order valence-electron chi connectivity index (χ1n) is 6.61. The Morgan fingerprint density at radius 1 is 1.26 bits per heavy atom. The van der Waals surface area contributed by atoms with E-state index in [1.165, 1.54) is 0 Å². The van der Waals surface area contributed by atoms with Gasteiger partial charge in [0.15, 0.2) is 0 Å². The van der Waals surface area contributed by atoms with Crippen molar-refractivity contribution in [2.45, 2.75) is 40.5 Å². The van der Waals surface area contributed by atoms with Crippen LogP contribution in [-0.2, 0) is 0 Å². The molecule has 0 fully saturated rings. The van der Waals surface area contributed by atoms with E-state index >= 15 is 0 Å². The normalized spacial score (nSPS) is 11.3. The first-order valence-corrected chi connectivity index (χ1v) is 6.61. The number of anilines is 1. The molecule has 1 rings (SSSR count). The molecule has 4 heteroatoms. The van der Waals surface area contributed by atoms with Gasteiger partial charge >= 0.3 is 6.03 Å². The van der Waals surface area contributed by atoms with E-state index in [2.05, 4.69) is 35.8 Å². The van der Waals surface area contributed by atoms with Crippen LogP contribution in [0.4, 0.5) is 10.5 Å². The Bertz CT molecular complexity index is 464. The molecule has 1 aromatic carbocycles. The quantitative estimate of drug-likeness (QED) is 0.627. The minimum absolute atomic E-state index is 0.311. The van der Waals surface area contributed by atoms with Crippen molar-refractivity contribution < 1.29 is 4.79 Å². The molecule has 2 amide bonds. The van der Waals surface area contributed by atoms with Gasteiger partial charge in [-0.05, 0) is 36.0 Å². The molecule has 104 valence electrons. The molecule has 0 saturated carbocycles. The minimum Gasteiger partial charge on any atom is -0.306 e. The van der Waals surface area contributed by atoms with Gasteiger partial charge in [0.25, 0.3) is 0 Å². The average molecular weight is 261 g/mol. The lowest BCUT2D eigenvalue weighted by atomic mass is 9.99. The third-order valence-corrected chi connectivity index (χ3v) is 2.62. The fourth-order valence-electron chi connectivity index (χ4n) is 1.68. The van der Waals surface area contributed by atoms with Gasteiger partial charge in [-0.15, -0.1) is 0 Å². The van der Waals surface area contributed by atoms with Crippen LogP contribution in [0.5, 0.6) is 0 Å². The Balaban J connectivity index is 2.75. The molecular formula is C15H23N3O. The summed E-state index contributed by atoms with van der Waals surface area (Å²) >= 11 is 0. The van der Waals surface area contributed by atoms with Gasteiger partial charge in [-0.3, -0.25) is 0 Å². The molecule has 0 unspecified atom stereocenters. The number of hydrazone groups is 1. The van der Waals surface area contributed by atoms with Crippen molar-refractivity contribution in [2.24, 2.45) is 11.0 Å². The molecule has 0 aromatic heterocycles. The number of carbonyl (C=O) groups is 1. The molecular weight excluding hydrogens is 238 g/mol. The van der Waals surface area contributed by atoms with Gasteiger partial charge in [-0.1, -0.05) is 39.8 Å². The molecule has 0 spiro atoms. The zero-order chi connectivity index (χ0) is 14.4. The van der Waals surface area contributed by atoms with E-state index in [1.807, 2.05) is 32.9 Å². The van der Waals surface area contributed by atoms with Crippen LogP contribution < -0.4 is 10.7 Å². The minimum atomic E-state index is -0.315. The maximum Gasteiger partial charge on any atom is 0.339 e. The average Bonchev–Trinajstić information content (AvgIpc) is 2.27. The topological polar surface area (TPSA) is 53.5 Å². The maximum absolute atomic E-state index is 11.7. The van der Waals surface area contributed by atoms with Crippen LogP contribution in [0.3, 0.4) is 0 Å². The molecule has 0 saturated heterocycles. The Hall–Kier alpha value is -1.84. The van der Waals surface area contributed by atoms with E-state index in [1.54, 1.807) is 6.21 Å². The van der Waals surface area contributed by atoms with E-state index in [-0.39, 0.29) is 6.03 Å². The van der Waals surface area contributed by atoms with Crippen molar-refractivity contribution in [3.63, 3.8) is 0 Å². The molecule has 4 nitrogen and oxygen atoms in total. The number of rotatable bonds is 4. The smallest absolute Gasteiger partial charge is 0.306 e. The standard InChI is InChI=1S/C15H23N3O/c1-10(2)9-16-18-15(19)17-14-8-12(5)6-7-13(14)11(3)4/h6-11H,1-5H3,(H2,17,18,19)/b16-9+. The summed E-state index contributed by atoms with van der Waals surface area (Å²) < 4.78 is 0. The maximum atomic E-state index is 11.7. The molecule has 2 N–H and O–H groups in total. The number of carbonyl (C=O) groups excluding carboxylic acids is 1. The van der Waals surface area contributed by atoms with Crippen LogP contribution >= 0.6 is 0 Å². The Labute approximate surface area is 115 Å². The number of hydrogen-bond donors (Lipinski definition) is 2. The number of nitrogens with zero attached hydrogens (tertiary/aromatic N) is 1. The number of aryl methyl sites for hydroxylation is 1. The fraction of sp³-hybridized carbons (Fsp3) is 0.467. The SMILES string of the molecule is Cc1ccc(C(C)C)c(NC(=O)N/N=C/C(C)C)c1. The van der Waals surface area contributed by atoms with Crippen molar-refractivity contribution >= 4 is 17.9 Å². The van der Waals surface area contributed by atoms with E-state index < -0.39 is 0 Å². The lowest BCUT2D eigenvalue weighted by Crippen LogP contribution is -2.25. The highest BCUT2D eigenvalue weighted by Gasteiger charge is 2.09. The van der Waals surface area contributed by atoms with Crippen LogP contribution in [0.1, 0.15) is 44.7 Å². The van der Waals surface area contributed by atoms with E-state index in [9.17, 15) is 4.79 Å². The Kier molecular flexibility index (Phi) is 5.55. The lowest BCUT2D eigenvalue weighted by Gasteiger charge is -2.14. The van der Waals surface area contributed by atoms with Gasteiger partial charge in [0.2, 0.25) is 0 Å². The highest BCUT2D eigenvalue weighted by atomic mass is 16.2. The molecule has 0 heterocycles. The van der Waals surface area contributed by atoms with Crippen LogP contribution in [0.15, 0.2) is 23.3 Å². The predicted octanol–water partition coefficient (Wildman–Crippen LogP) is 3.88. The highest BCUT2D eigenvalue weighted by Crippen LogP contribution is 2.25. The van der Waals surface area contributed by atoms with Crippen molar-refractivity contribution in [1.29, 1.82) is 0 Å². The van der Waals surface area contributed by atoms with E-state index in [4.69, 9.17) is 0 Å². The number of urea groups is 1. The number of nitrogens with one attached hydrogen (secondary N) is 2. The Morgan fingerprint density at radius 3 is 2.53 bits per heavy atom. The summed E-state index contributed by atoms with van der Waals surface area (Å²) in [5.74, 6) is 0.667. The van der Waals surface area contributed by atoms with Crippen LogP contribution in [0, 0.1) is 12.8 Å². The van der Waals surface area contributed by atoms with Crippen LogP contribution in [-0.4, -0.2) is 12.2 Å². The number of hydrogen-bond acceptors (Lipinski definition) is 2. The largest absolute Gasteiger partial charge is 0.339 e. The van der Waals surface area contributed by atoms with Crippen molar-refractivity contribution in [3.8, 4) is 0 Å². The van der Waals surface area contributed by atoms with E-state index in [0.717, 1.165) is 16.8 Å². The molecule has 0 aliphatic rings. The van der Waals surface area contributed by atoms with Crippen molar-refractivity contribution in [1.82, 2.24) is 5.43 Å². The zero-order valence-corrected chi connectivity index (χ0v) is 12.3. The molecule has 0 aliphatic heterocycles. The van der Waals surface area contributed by atoms with Gasteiger partial charge < -0.3 is 5.32 Å². The Morgan fingerprint density at radius 2 is 1.95 bits per heavy atom. The van der Waals surface area contributed by atoms with E-state index in [0.29, 0.717) is 11.8 Å². The van der Waals surface area contributed by atoms with Crippen LogP contribution in [0.2, 0.25) is 0 Å². The molecule has 0 atom stereocenters. The number of benzene rings is 1. The fourth-order valence-corrected chi connectivity index (χ4v) is 1.68. The third kappa shape index (κ3) is 5.12. The van der Waals surface area contributed by atoms with Gasteiger partial charge in [-0.2, -0.15) is 5.10 Å². The highest BCUT2D eigenvalue weighted by molar-refractivity contribution is 5.90. The molecule has 1 aromatic rings. The number of amides is 2. The lowest BCUT2D eigenvalue weighted by molar-refractivity contribution is 0.252. The predicted molar refractivity (Wildman–Crippen MR) is 80.8 cm³/mol. The molecule has 0 aliphatic carbocycles. The van der Waals surface area contributed by atoms with Gasteiger partial charge in [-0.25, -0.2) is 10.2 Å². The van der Waals surface area contributed by atoms with Crippen molar-refractivity contribution in [2.75, 3.05) is 5.32 Å². The monoisotopic (exact) mass is 261 g/mol. The molecule has 19 heavy (non-hydrogen) atoms. The zero-order valence-electron chi connectivity index (χ0n) is 12.3. The van der Waals surface area contributed by atoms with Gasteiger partial charge in [0, 0.05) is 11.9 Å². The second-order valence-electron chi connectivity index (χ2n) is 5.33. The summed E-state index contributed by atoms with van der Waals surface area (Å²) in [6.07, 6.45) is 1.69. The summed E-state index contributed by atoms with van der Waals surface area (Å²) in [5, 5.41) is 6.72. The second-order valence-corrected chi connectivity index (χ2v) is 5.33. The third-order valence-electron chi connectivity index (χ3n) is 2.62.